The zero-order valence-electron chi connectivity index (χ0n) is 13.1. The molecule has 0 amide bonds. The summed E-state index contributed by atoms with van der Waals surface area (Å²) >= 11 is 0. The summed E-state index contributed by atoms with van der Waals surface area (Å²) < 4.78 is 0. The number of rotatable bonds is 7. The summed E-state index contributed by atoms with van der Waals surface area (Å²) in [6, 6.07) is 12.1. The predicted octanol–water partition coefficient (Wildman–Crippen LogP) is 2.64. The van der Waals surface area contributed by atoms with Crippen molar-refractivity contribution in [2.75, 3.05) is 6.54 Å². The first kappa shape index (κ1) is 15.5. The number of nitrogens with one attached hydrogen (secondary N) is 1. The Morgan fingerprint density at radius 2 is 1.86 bits per heavy atom. The summed E-state index contributed by atoms with van der Waals surface area (Å²) in [5, 5.41) is 12.2. The van der Waals surface area contributed by atoms with Crippen LogP contribution in [0.2, 0.25) is 0 Å². The Morgan fingerprint density at radius 3 is 2.55 bits per heavy atom. The molecule has 1 aromatic rings. The van der Waals surface area contributed by atoms with Crippen LogP contribution in [0, 0.1) is 0 Å². The molecule has 0 aromatic heterocycles. The molecule has 2 fully saturated rings. The van der Waals surface area contributed by atoms with E-state index in [-0.39, 0.29) is 6.54 Å². The highest BCUT2D eigenvalue weighted by Gasteiger charge is 2.38. The first-order valence-electron chi connectivity index (χ1n) is 8.49. The third kappa shape index (κ3) is 4.08. The minimum Gasteiger partial charge on any atom is -0.480 e. The number of benzene rings is 1. The number of carboxylic acids is 1. The molecule has 4 nitrogen and oxygen atoms in total. The quantitative estimate of drug-likeness (QED) is 0.813. The Kier molecular flexibility index (Phi) is 5.11. The normalized spacial score (nSPS) is 25.3. The number of hydrogen-bond acceptors (Lipinski definition) is 3. The number of carboxylic acid groups (broad SMARTS) is 1. The largest absolute Gasteiger partial charge is 0.480 e. The molecule has 1 aromatic carbocycles. The lowest BCUT2D eigenvalue weighted by Gasteiger charge is -2.40. The molecule has 0 aliphatic heterocycles. The minimum absolute atomic E-state index is 0.0744. The van der Waals surface area contributed by atoms with Crippen LogP contribution < -0.4 is 5.32 Å². The number of hydrogen-bond donors (Lipinski definition) is 2. The van der Waals surface area contributed by atoms with Crippen LogP contribution in [0.3, 0.4) is 0 Å². The van der Waals surface area contributed by atoms with Gasteiger partial charge < -0.3 is 10.4 Å². The molecule has 2 saturated carbocycles. The van der Waals surface area contributed by atoms with Crippen LogP contribution in [0.1, 0.15) is 44.1 Å². The second-order valence-corrected chi connectivity index (χ2v) is 6.62. The summed E-state index contributed by atoms with van der Waals surface area (Å²) in [5.74, 6) is -0.759. The van der Waals surface area contributed by atoms with Gasteiger partial charge in [0.1, 0.15) is 0 Å². The highest BCUT2D eigenvalue weighted by molar-refractivity contribution is 5.69. The average Bonchev–Trinajstić information content (AvgIpc) is 3.37. The van der Waals surface area contributed by atoms with Crippen molar-refractivity contribution in [1.82, 2.24) is 10.2 Å². The maximum Gasteiger partial charge on any atom is 0.317 e. The van der Waals surface area contributed by atoms with E-state index in [2.05, 4.69) is 40.5 Å². The van der Waals surface area contributed by atoms with E-state index in [9.17, 15) is 4.79 Å². The van der Waals surface area contributed by atoms with Gasteiger partial charge in [0.25, 0.3) is 0 Å². The molecule has 0 spiro atoms. The van der Waals surface area contributed by atoms with Crippen LogP contribution >= 0.6 is 0 Å². The number of nitrogens with zero attached hydrogens (tertiary/aromatic N) is 1. The highest BCUT2D eigenvalue weighted by atomic mass is 16.4. The lowest BCUT2D eigenvalue weighted by molar-refractivity contribution is -0.136. The third-order valence-electron chi connectivity index (χ3n) is 4.89. The summed E-state index contributed by atoms with van der Waals surface area (Å²) in [7, 11) is 0. The van der Waals surface area contributed by atoms with Crippen molar-refractivity contribution in [3.63, 3.8) is 0 Å². The van der Waals surface area contributed by atoms with Gasteiger partial charge in [0.15, 0.2) is 0 Å². The summed E-state index contributed by atoms with van der Waals surface area (Å²) in [4.78, 5) is 13.5. The first-order chi connectivity index (χ1) is 10.7. The molecule has 4 heteroatoms. The highest BCUT2D eigenvalue weighted by Crippen LogP contribution is 2.35. The molecule has 0 heterocycles. The SMILES string of the molecule is O=C(O)CN[C@@H]1CCCC[C@H]1N(Cc1ccccc1)C1CC1. The van der Waals surface area contributed by atoms with Crippen LogP contribution in [0.5, 0.6) is 0 Å². The van der Waals surface area contributed by atoms with Gasteiger partial charge in [-0.2, -0.15) is 0 Å². The zero-order valence-corrected chi connectivity index (χ0v) is 13.1. The van der Waals surface area contributed by atoms with Crippen molar-refractivity contribution in [3.05, 3.63) is 35.9 Å². The van der Waals surface area contributed by atoms with Gasteiger partial charge in [-0.3, -0.25) is 9.69 Å². The van der Waals surface area contributed by atoms with Crippen LogP contribution in [0.15, 0.2) is 30.3 Å². The van der Waals surface area contributed by atoms with Crippen LogP contribution in [0.25, 0.3) is 0 Å². The number of carbonyl (C=O) groups is 1. The molecular formula is C18H26N2O2. The monoisotopic (exact) mass is 302 g/mol. The topological polar surface area (TPSA) is 52.6 Å². The molecular weight excluding hydrogens is 276 g/mol. The Hall–Kier alpha value is -1.39. The van der Waals surface area contributed by atoms with Crippen molar-refractivity contribution in [1.29, 1.82) is 0 Å². The molecule has 2 atom stereocenters. The smallest absolute Gasteiger partial charge is 0.317 e. The lowest BCUT2D eigenvalue weighted by Crippen LogP contribution is -2.53. The minimum atomic E-state index is -0.759. The van der Waals surface area contributed by atoms with Gasteiger partial charge in [-0.05, 0) is 31.2 Å². The fraction of sp³-hybridized carbons (Fsp3) is 0.611. The first-order valence-corrected chi connectivity index (χ1v) is 8.49. The van der Waals surface area contributed by atoms with E-state index in [0.29, 0.717) is 18.1 Å². The van der Waals surface area contributed by atoms with Gasteiger partial charge in [-0.1, -0.05) is 43.2 Å². The van der Waals surface area contributed by atoms with E-state index >= 15 is 0 Å². The maximum absolute atomic E-state index is 10.9. The fourth-order valence-electron chi connectivity index (χ4n) is 3.68. The van der Waals surface area contributed by atoms with Gasteiger partial charge >= 0.3 is 5.97 Å². The zero-order chi connectivity index (χ0) is 15.4. The summed E-state index contributed by atoms with van der Waals surface area (Å²) in [6.07, 6.45) is 7.31. The molecule has 0 bridgehead atoms. The fourth-order valence-corrected chi connectivity index (χ4v) is 3.68. The molecule has 0 unspecified atom stereocenters. The maximum atomic E-state index is 10.9. The molecule has 120 valence electrons. The Bertz CT molecular complexity index is 487. The van der Waals surface area contributed by atoms with Crippen molar-refractivity contribution >= 4 is 5.97 Å². The molecule has 2 N–H and O–H groups in total. The standard InChI is InChI=1S/C18H26N2O2/c21-18(22)12-19-16-8-4-5-9-17(16)20(15-10-11-15)13-14-6-2-1-3-7-14/h1-3,6-7,15-17,19H,4-5,8-13H2,(H,21,22)/t16-,17-/m1/s1. The van der Waals surface area contributed by atoms with Crippen molar-refractivity contribution < 1.29 is 9.90 Å². The van der Waals surface area contributed by atoms with Crippen molar-refractivity contribution in [2.45, 2.75) is 63.2 Å². The van der Waals surface area contributed by atoms with E-state index in [1.165, 1.54) is 37.7 Å². The molecule has 2 aliphatic carbocycles. The van der Waals surface area contributed by atoms with E-state index in [1.807, 2.05) is 0 Å². The van der Waals surface area contributed by atoms with Crippen molar-refractivity contribution in [3.8, 4) is 0 Å². The second kappa shape index (κ2) is 7.25. The summed E-state index contributed by atoms with van der Waals surface area (Å²) in [5.41, 5.74) is 1.36. The Morgan fingerprint density at radius 1 is 1.14 bits per heavy atom. The van der Waals surface area contributed by atoms with E-state index in [4.69, 9.17) is 5.11 Å². The van der Waals surface area contributed by atoms with Crippen LogP contribution in [0.4, 0.5) is 0 Å². The molecule has 0 radical (unpaired) electrons. The molecule has 22 heavy (non-hydrogen) atoms. The van der Waals surface area contributed by atoms with Gasteiger partial charge in [-0.15, -0.1) is 0 Å². The third-order valence-corrected chi connectivity index (χ3v) is 4.89. The van der Waals surface area contributed by atoms with Gasteiger partial charge in [0.2, 0.25) is 0 Å². The lowest BCUT2D eigenvalue weighted by atomic mass is 9.88. The van der Waals surface area contributed by atoms with Gasteiger partial charge in [-0.25, -0.2) is 0 Å². The van der Waals surface area contributed by atoms with E-state index < -0.39 is 5.97 Å². The van der Waals surface area contributed by atoms with Gasteiger partial charge in [0, 0.05) is 24.7 Å². The Balaban J connectivity index is 1.69. The molecule has 0 saturated heterocycles. The molecule has 3 rings (SSSR count). The average molecular weight is 302 g/mol. The van der Waals surface area contributed by atoms with Crippen molar-refractivity contribution in [2.24, 2.45) is 0 Å². The van der Waals surface area contributed by atoms with Crippen LogP contribution in [-0.4, -0.2) is 40.6 Å². The predicted molar refractivity (Wildman–Crippen MR) is 86.7 cm³/mol. The van der Waals surface area contributed by atoms with E-state index in [1.54, 1.807) is 0 Å². The van der Waals surface area contributed by atoms with Gasteiger partial charge in [0.05, 0.1) is 6.54 Å². The summed E-state index contributed by atoms with van der Waals surface area (Å²) in [6.45, 7) is 1.06. The second-order valence-electron chi connectivity index (χ2n) is 6.62. The van der Waals surface area contributed by atoms with E-state index in [0.717, 1.165) is 13.0 Å². The Labute approximate surface area is 132 Å². The number of aliphatic carboxylic acids is 1. The van der Waals surface area contributed by atoms with Crippen LogP contribution in [-0.2, 0) is 11.3 Å². The molecule has 2 aliphatic rings.